The first kappa shape index (κ1) is 13.2. The van der Waals surface area contributed by atoms with Crippen molar-refractivity contribution in [2.24, 2.45) is 0 Å². The summed E-state index contributed by atoms with van der Waals surface area (Å²) >= 11 is 5.71. The summed E-state index contributed by atoms with van der Waals surface area (Å²) in [7, 11) is -3.47. The topological polar surface area (TPSA) is 81.7 Å². The maximum absolute atomic E-state index is 11.5. The number of rotatable bonds is 2. The van der Waals surface area contributed by atoms with Crippen molar-refractivity contribution in [3.63, 3.8) is 0 Å². The smallest absolute Gasteiger partial charge is 0.176 e. The summed E-state index contributed by atoms with van der Waals surface area (Å²) in [5.41, 5.74) is 0.104. The molecule has 0 bridgehead atoms. The van der Waals surface area contributed by atoms with Crippen molar-refractivity contribution in [3.8, 4) is 12.1 Å². The quantitative estimate of drug-likeness (QED) is 0.768. The number of hydrogen-bond acceptors (Lipinski definition) is 4. The van der Waals surface area contributed by atoms with Gasteiger partial charge in [0.15, 0.2) is 9.84 Å². The van der Waals surface area contributed by atoms with Gasteiger partial charge in [0, 0.05) is 11.3 Å². The molecule has 4 nitrogen and oxygen atoms in total. The fourth-order valence-corrected chi connectivity index (χ4v) is 2.33. The summed E-state index contributed by atoms with van der Waals surface area (Å²) in [6.07, 6.45) is 2.25. The van der Waals surface area contributed by atoms with Gasteiger partial charge in [-0.2, -0.15) is 10.5 Å². The van der Waals surface area contributed by atoms with Gasteiger partial charge >= 0.3 is 0 Å². The molecule has 0 radical (unpaired) electrons. The second-order valence-electron chi connectivity index (χ2n) is 3.24. The van der Waals surface area contributed by atoms with Crippen molar-refractivity contribution in [2.75, 3.05) is 6.26 Å². The van der Waals surface area contributed by atoms with E-state index < -0.39 is 9.84 Å². The van der Waals surface area contributed by atoms with E-state index in [0.717, 1.165) is 6.26 Å². The molecule has 0 atom stereocenters. The van der Waals surface area contributed by atoms with Crippen LogP contribution in [-0.2, 0) is 9.84 Å². The van der Waals surface area contributed by atoms with E-state index in [4.69, 9.17) is 22.1 Å². The van der Waals surface area contributed by atoms with Crippen molar-refractivity contribution in [1.82, 2.24) is 0 Å². The highest BCUT2D eigenvalue weighted by Gasteiger charge is 2.13. The molecule has 0 amide bonds. The zero-order chi connectivity index (χ0) is 13.1. The Morgan fingerprint density at radius 2 is 1.94 bits per heavy atom. The number of nitriles is 2. The SMILES string of the molecule is CS(=O)(=O)c1cc(Cl)ccc1C=C(C#N)C#N. The standard InChI is InChI=1S/C11H7ClN2O2S/c1-17(15,16)11-5-10(12)3-2-9(11)4-8(6-13)7-14/h2-5H,1H3. The zero-order valence-corrected chi connectivity index (χ0v) is 10.4. The van der Waals surface area contributed by atoms with Gasteiger partial charge in [0.2, 0.25) is 0 Å². The van der Waals surface area contributed by atoms with Crippen molar-refractivity contribution in [3.05, 3.63) is 34.4 Å². The van der Waals surface area contributed by atoms with Gasteiger partial charge in [0.05, 0.1) is 4.90 Å². The number of allylic oxidation sites excluding steroid dienone is 1. The van der Waals surface area contributed by atoms with E-state index in [1.807, 2.05) is 0 Å². The molecule has 0 heterocycles. The Morgan fingerprint density at radius 3 is 2.41 bits per heavy atom. The molecule has 0 N–H and O–H groups in total. The lowest BCUT2D eigenvalue weighted by molar-refractivity contribution is 0.601. The molecule has 0 aromatic heterocycles. The lowest BCUT2D eigenvalue weighted by Gasteiger charge is -2.04. The number of sulfone groups is 1. The average molecular weight is 267 g/mol. The maximum atomic E-state index is 11.5. The molecule has 1 aromatic rings. The molecule has 17 heavy (non-hydrogen) atoms. The van der Waals surface area contributed by atoms with E-state index in [1.165, 1.54) is 24.3 Å². The second-order valence-corrected chi connectivity index (χ2v) is 5.66. The minimum absolute atomic E-state index is 0.00648. The van der Waals surface area contributed by atoms with Crippen LogP contribution >= 0.6 is 11.6 Å². The summed E-state index contributed by atoms with van der Waals surface area (Å²) in [5.74, 6) is 0. The normalized spacial score (nSPS) is 10.1. The number of halogens is 1. The van der Waals surface area contributed by atoms with Crippen LogP contribution in [0.25, 0.3) is 6.08 Å². The van der Waals surface area contributed by atoms with Crippen molar-refractivity contribution < 1.29 is 8.42 Å². The minimum atomic E-state index is -3.47. The van der Waals surface area contributed by atoms with Gasteiger partial charge in [0.1, 0.15) is 17.7 Å². The van der Waals surface area contributed by atoms with Crippen LogP contribution in [0.5, 0.6) is 0 Å². The van der Waals surface area contributed by atoms with Gasteiger partial charge < -0.3 is 0 Å². The highest BCUT2D eigenvalue weighted by molar-refractivity contribution is 7.90. The summed E-state index contributed by atoms with van der Waals surface area (Å²) in [4.78, 5) is -0.00648. The third-order valence-electron chi connectivity index (χ3n) is 1.92. The summed E-state index contributed by atoms with van der Waals surface area (Å²) in [5, 5.41) is 17.5. The van der Waals surface area contributed by atoms with Gasteiger partial charge in [-0.3, -0.25) is 0 Å². The zero-order valence-electron chi connectivity index (χ0n) is 8.81. The van der Waals surface area contributed by atoms with Gasteiger partial charge in [0.25, 0.3) is 0 Å². The van der Waals surface area contributed by atoms with Gasteiger partial charge in [-0.15, -0.1) is 0 Å². The van der Waals surface area contributed by atoms with Gasteiger partial charge in [-0.1, -0.05) is 17.7 Å². The lowest BCUT2D eigenvalue weighted by Crippen LogP contribution is -2.00. The molecule has 1 rings (SSSR count). The molecule has 0 aliphatic heterocycles. The molecule has 1 aromatic carbocycles. The third kappa shape index (κ3) is 3.32. The predicted octanol–water partition coefficient (Wildman–Crippen LogP) is 2.17. The summed E-state index contributed by atoms with van der Waals surface area (Å²) in [6, 6.07) is 7.56. The van der Waals surface area contributed by atoms with E-state index in [1.54, 1.807) is 12.1 Å². The molecule has 0 aliphatic carbocycles. The van der Waals surface area contributed by atoms with Gasteiger partial charge in [-0.05, 0) is 23.8 Å². The van der Waals surface area contributed by atoms with Crippen LogP contribution in [-0.4, -0.2) is 14.7 Å². The maximum Gasteiger partial charge on any atom is 0.176 e. The molecule has 0 fully saturated rings. The predicted molar refractivity (Wildman–Crippen MR) is 63.8 cm³/mol. The first-order chi connectivity index (χ1) is 7.88. The second kappa shape index (κ2) is 5.01. The molecule has 0 saturated carbocycles. The van der Waals surface area contributed by atoms with Crippen LogP contribution in [0, 0.1) is 22.7 Å². The third-order valence-corrected chi connectivity index (χ3v) is 3.30. The highest BCUT2D eigenvalue weighted by atomic mass is 35.5. The molecule has 0 saturated heterocycles. The van der Waals surface area contributed by atoms with Crippen molar-refractivity contribution in [2.45, 2.75) is 4.90 Å². The van der Waals surface area contributed by atoms with E-state index in [2.05, 4.69) is 0 Å². The lowest BCUT2D eigenvalue weighted by atomic mass is 10.1. The summed E-state index contributed by atoms with van der Waals surface area (Å²) < 4.78 is 23.0. The molecule has 86 valence electrons. The van der Waals surface area contributed by atoms with E-state index >= 15 is 0 Å². The highest BCUT2D eigenvalue weighted by Crippen LogP contribution is 2.22. The minimum Gasteiger partial charge on any atom is -0.224 e. The van der Waals surface area contributed by atoms with Crippen LogP contribution in [0.1, 0.15) is 5.56 Å². The number of nitrogens with zero attached hydrogens (tertiary/aromatic N) is 2. The Morgan fingerprint density at radius 1 is 1.35 bits per heavy atom. The van der Waals surface area contributed by atoms with E-state index in [-0.39, 0.29) is 21.1 Å². The Balaban J connectivity index is 3.53. The summed E-state index contributed by atoms with van der Waals surface area (Å²) in [6.45, 7) is 0. The first-order valence-electron chi connectivity index (χ1n) is 4.40. The molecule has 0 spiro atoms. The van der Waals surface area contributed by atoms with Crippen LogP contribution in [0.3, 0.4) is 0 Å². The molecular formula is C11H7ClN2O2S. The number of hydrogen-bond donors (Lipinski definition) is 0. The largest absolute Gasteiger partial charge is 0.224 e. The number of benzene rings is 1. The first-order valence-corrected chi connectivity index (χ1v) is 6.67. The van der Waals surface area contributed by atoms with Crippen LogP contribution in [0.4, 0.5) is 0 Å². The molecule has 0 aliphatic rings. The monoisotopic (exact) mass is 266 g/mol. The van der Waals surface area contributed by atoms with Crippen molar-refractivity contribution >= 4 is 27.5 Å². The van der Waals surface area contributed by atoms with Gasteiger partial charge in [-0.25, -0.2) is 8.42 Å². The molecular weight excluding hydrogens is 260 g/mol. The molecule has 6 heteroatoms. The molecule has 0 unspecified atom stereocenters. The van der Waals surface area contributed by atoms with E-state index in [0.29, 0.717) is 0 Å². The Kier molecular flexibility index (Phi) is 3.90. The van der Waals surface area contributed by atoms with Crippen LogP contribution in [0.2, 0.25) is 5.02 Å². The average Bonchev–Trinajstić information content (AvgIpc) is 2.26. The Bertz CT molecular complexity index is 648. The van der Waals surface area contributed by atoms with Crippen molar-refractivity contribution in [1.29, 1.82) is 10.5 Å². The Hall–Kier alpha value is -1.82. The van der Waals surface area contributed by atoms with E-state index in [9.17, 15) is 8.42 Å². The van der Waals surface area contributed by atoms with Crippen LogP contribution < -0.4 is 0 Å². The fraction of sp³-hybridized carbons (Fsp3) is 0.0909. The fourth-order valence-electron chi connectivity index (χ4n) is 1.19. The van der Waals surface area contributed by atoms with Crippen LogP contribution in [0.15, 0.2) is 28.7 Å². The Labute approximate surface area is 104 Å².